The first-order valence-electron chi connectivity index (χ1n) is 14.3. The third-order valence-electron chi connectivity index (χ3n) is 7.49. The van der Waals surface area contributed by atoms with E-state index in [0.29, 0.717) is 67.4 Å². The Balaban J connectivity index is 1.35. The van der Waals surface area contributed by atoms with E-state index in [0.717, 1.165) is 31.2 Å². The Labute approximate surface area is 238 Å². The zero-order chi connectivity index (χ0) is 29.1. The van der Waals surface area contributed by atoms with Crippen molar-refractivity contribution in [2.75, 3.05) is 43.1 Å². The van der Waals surface area contributed by atoms with Gasteiger partial charge in [0, 0.05) is 31.7 Å². The molecule has 1 amide bonds. The number of rotatable bonds is 7. The Kier molecular flexibility index (Phi) is 8.58. The number of imidazole rings is 1. The summed E-state index contributed by atoms with van der Waals surface area (Å²) in [7, 11) is 0. The van der Waals surface area contributed by atoms with Crippen LogP contribution >= 0.6 is 0 Å². The minimum absolute atomic E-state index is 0.0827. The highest BCUT2D eigenvalue weighted by Gasteiger charge is 2.26. The average molecular weight is 572 g/mol. The molecule has 0 bridgehead atoms. The van der Waals surface area contributed by atoms with Gasteiger partial charge in [0.2, 0.25) is 5.95 Å². The van der Waals surface area contributed by atoms with Crippen molar-refractivity contribution in [2.24, 2.45) is 5.92 Å². The standard InChI is InChI=1S/C29H39F2N7O3/c1-18-6-5-7-21-24(18)36-26(25(30)31)38(21)23-16-22(37-12-14-40-15-13-37)34-27(35-23)32-17-19-8-10-20(11-9-19)33-28(39)41-29(2,3)4/h5-7,16,19-20,25H,8-15,17H2,1-4H3,(H,33,39)(H,32,34,35)/t19-,20-. The number of carbonyl (C=O) groups is 1. The summed E-state index contributed by atoms with van der Waals surface area (Å²) < 4.78 is 40.8. The summed E-state index contributed by atoms with van der Waals surface area (Å²) in [6, 6.07) is 7.31. The second-order valence-electron chi connectivity index (χ2n) is 11.8. The Morgan fingerprint density at radius 3 is 2.49 bits per heavy atom. The van der Waals surface area contributed by atoms with Crippen molar-refractivity contribution in [3.05, 3.63) is 35.7 Å². The summed E-state index contributed by atoms with van der Waals surface area (Å²) in [4.78, 5) is 28.0. The van der Waals surface area contributed by atoms with Crippen LogP contribution in [0.2, 0.25) is 0 Å². The Morgan fingerprint density at radius 2 is 1.80 bits per heavy atom. The number of fused-ring (bicyclic) bond motifs is 1. The lowest BCUT2D eigenvalue weighted by Gasteiger charge is -2.30. The fraction of sp³-hybridized carbons (Fsp3) is 0.586. The van der Waals surface area contributed by atoms with E-state index in [4.69, 9.17) is 19.4 Å². The van der Waals surface area contributed by atoms with E-state index < -0.39 is 12.0 Å². The van der Waals surface area contributed by atoms with Crippen LogP contribution in [0, 0.1) is 12.8 Å². The number of para-hydroxylation sites is 1. The van der Waals surface area contributed by atoms with E-state index in [-0.39, 0.29) is 18.0 Å². The molecule has 0 spiro atoms. The van der Waals surface area contributed by atoms with Gasteiger partial charge >= 0.3 is 6.09 Å². The SMILES string of the molecule is Cc1cccc2c1nc(C(F)F)n2-c1cc(N2CCOCC2)nc(NC[C@H]2CC[C@H](NC(=O)OC(C)(C)C)CC2)n1. The molecular weight excluding hydrogens is 532 g/mol. The lowest BCUT2D eigenvalue weighted by atomic mass is 9.86. The number of amides is 1. The second kappa shape index (κ2) is 12.1. The minimum atomic E-state index is -2.77. The van der Waals surface area contributed by atoms with Gasteiger partial charge in [0.25, 0.3) is 6.43 Å². The van der Waals surface area contributed by atoms with Gasteiger partial charge < -0.3 is 25.0 Å². The monoisotopic (exact) mass is 571 g/mol. The molecule has 1 aliphatic heterocycles. The lowest BCUT2D eigenvalue weighted by molar-refractivity contribution is 0.0488. The fourth-order valence-corrected chi connectivity index (χ4v) is 5.44. The lowest BCUT2D eigenvalue weighted by Crippen LogP contribution is -2.41. The van der Waals surface area contributed by atoms with Gasteiger partial charge in [0.15, 0.2) is 5.82 Å². The van der Waals surface area contributed by atoms with Crippen molar-refractivity contribution in [2.45, 2.75) is 71.4 Å². The maximum atomic E-state index is 14.2. The summed E-state index contributed by atoms with van der Waals surface area (Å²) in [6.07, 6.45) is 0.386. The number of hydrogen-bond donors (Lipinski definition) is 2. The number of nitrogens with one attached hydrogen (secondary N) is 2. The molecule has 1 aromatic carbocycles. The number of aromatic nitrogens is 4. The van der Waals surface area contributed by atoms with E-state index >= 15 is 0 Å². The van der Waals surface area contributed by atoms with E-state index in [1.165, 1.54) is 4.57 Å². The van der Waals surface area contributed by atoms with Crippen molar-refractivity contribution in [1.82, 2.24) is 24.8 Å². The van der Waals surface area contributed by atoms with Crippen LogP contribution in [0.4, 0.5) is 25.3 Å². The van der Waals surface area contributed by atoms with Gasteiger partial charge in [-0.1, -0.05) is 12.1 Å². The summed E-state index contributed by atoms with van der Waals surface area (Å²) in [6.45, 7) is 10.5. The van der Waals surface area contributed by atoms with Crippen LogP contribution in [0.1, 0.15) is 64.3 Å². The number of benzene rings is 1. The van der Waals surface area contributed by atoms with Crippen LogP contribution in [0.15, 0.2) is 24.3 Å². The number of ether oxygens (including phenoxy) is 2. The van der Waals surface area contributed by atoms with E-state index in [1.807, 2.05) is 39.8 Å². The summed E-state index contributed by atoms with van der Waals surface area (Å²) >= 11 is 0. The first-order chi connectivity index (χ1) is 19.6. The van der Waals surface area contributed by atoms with Crippen molar-refractivity contribution in [3.63, 3.8) is 0 Å². The Morgan fingerprint density at radius 1 is 1.10 bits per heavy atom. The first kappa shape index (κ1) is 29.0. The molecule has 2 aromatic heterocycles. The van der Waals surface area contributed by atoms with Gasteiger partial charge in [0.1, 0.15) is 17.2 Å². The van der Waals surface area contributed by atoms with Gasteiger partial charge in [-0.3, -0.25) is 4.57 Å². The van der Waals surface area contributed by atoms with Crippen molar-refractivity contribution < 1.29 is 23.0 Å². The molecule has 10 nitrogen and oxygen atoms in total. The summed E-state index contributed by atoms with van der Waals surface area (Å²) in [5.74, 6) is 1.40. The van der Waals surface area contributed by atoms with E-state index in [2.05, 4.69) is 20.5 Å². The molecule has 3 heterocycles. The van der Waals surface area contributed by atoms with Crippen molar-refractivity contribution >= 4 is 28.9 Å². The highest BCUT2D eigenvalue weighted by atomic mass is 19.3. The van der Waals surface area contributed by atoms with Crippen LogP contribution in [-0.4, -0.2) is 70.1 Å². The maximum Gasteiger partial charge on any atom is 0.407 e. The number of halogens is 2. The van der Waals surface area contributed by atoms with E-state index in [9.17, 15) is 13.6 Å². The molecule has 2 fully saturated rings. The van der Waals surface area contributed by atoms with Crippen LogP contribution in [0.3, 0.4) is 0 Å². The number of hydrogen-bond acceptors (Lipinski definition) is 8. The van der Waals surface area contributed by atoms with Crippen LogP contribution in [0.5, 0.6) is 0 Å². The largest absolute Gasteiger partial charge is 0.444 e. The number of alkyl halides is 2. The quantitative estimate of drug-likeness (QED) is 0.389. The molecule has 12 heteroatoms. The maximum absolute atomic E-state index is 14.2. The molecule has 1 saturated heterocycles. The van der Waals surface area contributed by atoms with Gasteiger partial charge in [-0.25, -0.2) is 18.6 Å². The minimum Gasteiger partial charge on any atom is -0.444 e. The molecule has 1 saturated carbocycles. The molecule has 3 aromatic rings. The van der Waals surface area contributed by atoms with Gasteiger partial charge in [-0.2, -0.15) is 9.97 Å². The molecule has 0 radical (unpaired) electrons. The van der Waals surface area contributed by atoms with E-state index in [1.54, 1.807) is 12.1 Å². The topological polar surface area (TPSA) is 106 Å². The number of aryl methyl sites for hydroxylation is 1. The molecule has 1 aliphatic carbocycles. The third-order valence-corrected chi connectivity index (χ3v) is 7.49. The fourth-order valence-electron chi connectivity index (χ4n) is 5.44. The van der Waals surface area contributed by atoms with Crippen molar-refractivity contribution in [3.8, 4) is 5.82 Å². The van der Waals surface area contributed by atoms with Crippen molar-refractivity contribution in [1.29, 1.82) is 0 Å². The number of carbonyl (C=O) groups excluding carboxylic acids is 1. The smallest absolute Gasteiger partial charge is 0.407 e. The first-order valence-corrected chi connectivity index (χ1v) is 14.3. The highest BCUT2D eigenvalue weighted by molar-refractivity contribution is 5.81. The Hall–Kier alpha value is -3.54. The van der Waals surface area contributed by atoms with Gasteiger partial charge in [-0.15, -0.1) is 0 Å². The Bertz CT molecular complexity index is 1360. The van der Waals surface area contributed by atoms with Crippen LogP contribution in [-0.2, 0) is 9.47 Å². The molecule has 0 unspecified atom stereocenters. The predicted molar refractivity (Wildman–Crippen MR) is 153 cm³/mol. The van der Waals surface area contributed by atoms with Gasteiger partial charge in [0.05, 0.1) is 24.2 Å². The zero-order valence-electron chi connectivity index (χ0n) is 24.1. The molecule has 222 valence electrons. The molecule has 41 heavy (non-hydrogen) atoms. The number of nitrogens with zero attached hydrogens (tertiary/aromatic N) is 5. The number of alkyl carbamates (subject to hydrolysis) is 1. The second-order valence-corrected chi connectivity index (χ2v) is 11.8. The average Bonchev–Trinajstić information content (AvgIpc) is 3.33. The van der Waals surface area contributed by atoms with Crippen LogP contribution < -0.4 is 15.5 Å². The highest BCUT2D eigenvalue weighted by Crippen LogP contribution is 2.31. The molecule has 0 atom stereocenters. The molecule has 2 N–H and O–H groups in total. The molecule has 5 rings (SSSR count). The normalized spacial score (nSPS) is 19.9. The van der Waals surface area contributed by atoms with Gasteiger partial charge in [-0.05, 0) is 70.9 Å². The predicted octanol–water partition coefficient (Wildman–Crippen LogP) is 5.39. The molecule has 2 aliphatic rings. The molecular formula is C29H39F2N7O3. The zero-order valence-corrected chi connectivity index (χ0v) is 24.1. The number of anilines is 2. The summed E-state index contributed by atoms with van der Waals surface area (Å²) in [5, 5.41) is 6.36. The van der Waals surface area contributed by atoms with Crippen LogP contribution in [0.25, 0.3) is 16.9 Å². The number of morpholine rings is 1. The summed E-state index contributed by atoms with van der Waals surface area (Å²) in [5.41, 5.74) is 1.40. The third kappa shape index (κ3) is 7.03.